The molecule has 0 aliphatic heterocycles. The van der Waals surface area contributed by atoms with E-state index in [1.165, 1.54) is 109 Å². The van der Waals surface area contributed by atoms with Gasteiger partial charge in [-0.15, -0.1) is 0 Å². The molecule has 0 saturated carbocycles. The number of carbonyl (C=O) groups is 3. The zero-order chi connectivity index (χ0) is 56.4. The third-order valence-corrected chi connectivity index (χ3v) is 13.4. The minimum atomic E-state index is -0.812. The number of unbranched alkanes of at least 4 members (excludes halogenated alkanes) is 24. The Hall–Kier alpha value is -4.45. The Balaban J connectivity index is 4.47. The van der Waals surface area contributed by atoms with Gasteiger partial charge in [-0.05, 0) is 109 Å². The molecule has 0 aliphatic carbocycles. The lowest BCUT2D eigenvalue weighted by Crippen LogP contribution is -2.30. The van der Waals surface area contributed by atoms with E-state index in [9.17, 15) is 14.4 Å². The normalized spacial score (nSPS) is 13.0. The highest BCUT2D eigenvalue weighted by Gasteiger charge is 2.19. The summed E-state index contributed by atoms with van der Waals surface area (Å²) in [5, 5.41) is 0. The van der Waals surface area contributed by atoms with Gasteiger partial charge in [0.2, 0.25) is 0 Å². The summed E-state index contributed by atoms with van der Waals surface area (Å²) in [7, 11) is 0. The molecule has 0 aromatic rings. The lowest BCUT2D eigenvalue weighted by atomic mass is 10.0. The van der Waals surface area contributed by atoms with Gasteiger partial charge in [0.25, 0.3) is 0 Å². The Bertz CT molecular complexity index is 1670. The molecule has 442 valence electrons. The second kappa shape index (κ2) is 65.1. The fourth-order valence-corrected chi connectivity index (χ4v) is 8.66. The largest absolute Gasteiger partial charge is 0.462 e. The van der Waals surface area contributed by atoms with Crippen LogP contribution in [0.15, 0.2) is 134 Å². The molecule has 6 nitrogen and oxygen atoms in total. The maximum Gasteiger partial charge on any atom is 0.306 e. The Morgan fingerprint density at radius 1 is 0.269 bits per heavy atom. The lowest BCUT2D eigenvalue weighted by molar-refractivity contribution is -0.167. The number of esters is 3. The fourth-order valence-electron chi connectivity index (χ4n) is 8.66. The van der Waals surface area contributed by atoms with Crippen molar-refractivity contribution >= 4 is 17.9 Å². The van der Waals surface area contributed by atoms with E-state index in [0.29, 0.717) is 19.3 Å². The summed E-state index contributed by atoms with van der Waals surface area (Å²) >= 11 is 0. The Kier molecular flexibility index (Phi) is 61.4. The predicted molar refractivity (Wildman–Crippen MR) is 339 cm³/mol. The van der Waals surface area contributed by atoms with Gasteiger partial charge in [-0.25, -0.2) is 0 Å². The van der Waals surface area contributed by atoms with Crippen LogP contribution in [0, 0.1) is 0 Å². The van der Waals surface area contributed by atoms with Crippen molar-refractivity contribution in [3.8, 4) is 0 Å². The van der Waals surface area contributed by atoms with Gasteiger partial charge in [0.05, 0.1) is 0 Å². The van der Waals surface area contributed by atoms with Gasteiger partial charge in [-0.3, -0.25) is 14.4 Å². The summed E-state index contributed by atoms with van der Waals surface area (Å²) < 4.78 is 16.9. The zero-order valence-corrected chi connectivity index (χ0v) is 50.6. The number of hydrogen-bond donors (Lipinski definition) is 0. The molecule has 0 amide bonds. The molecule has 1 unspecified atom stereocenters. The molecule has 78 heavy (non-hydrogen) atoms. The fraction of sp³-hybridized carbons (Fsp3) is 0.653. The molecule has 0 aliphatic rings. The molecular weight excluding hydrogens is 961 g/mol. The van der Waals surface area contributed by atoms with Crippen molar-refractivity contribution in [1.29, 1.82) is 0 Å². The molecular formula is C72H118O6. The van der Waals surface area contributed by atoms with Gasteiger partial charge in [0, 0.05) is 19.3 Å². The highest BCUT2D eigenvalue weighted by molar-refractivity contribution is 5.71. The van der Waals surface area contributed by atoms with Crippen LogP contribution in [0.3, 0.4) is 0 Å². The van der Waals surface area contributed by atoms with E-state index >= 15 is 0 Å². The van der Waals surface area contributed by atoms with Crippen LogP contribution in [0.25, 0.3) is 0 Å². The SMILES string of the molecule is CC/C=C\C/C=C\C/C=C\C/C=C\C/C=C\C/C=C\CCCCCCCCC(=O)OCC(COC(=O)CCC/C=C\C/C=C\C/C=C\C/C=C\C/C=C\CC)OC(=O)CCCCCCCCCCCCCCCCCCCC. The molecule has 1 atom stereocenters. The molecule has 0 saturated heterocycles. The van der Waals surface area contributed by atoms with E-state index in [4.69, 9.17) is 14.2 Å². The predicted octanol–water partition coefficient (Wildman–Crippen LogP) is 22.2. The van der Waals surface area contributed by atoms with E-state index in [2.05, 4.69) is 154 Å². The number of carbonyl (C=O) groups excluding carboxylic acids is 3. The van der Waals surface area contributed by atoms with E-state index in [0.717, 1.165) is 128 Å². The van der Waals surface area contributed by atoms with Crippen molar-refractivity contribution in [3.05, 3.63) is 134 Å². The monoisotopic (exact) mass is 1080 g/mol. The quantitative estimate of drug-likeness (QED) is 0.0261. The number of hydrogen-bond acceptors (Lipinski definition) is 6. The summed E-state index contributed by atoms with van der Waals surface area (Å²) in [6.45, 7) is 6.37. The summed E-state index contributed by atoms with van der Waals surface area (Å²) in [6.07, 6.45) is 91.7. The Morgan fingerprint density at radius 2 is 0.513 bits per heavy atom. The second-order valence-corrected chi connectivity index (χ2v) is 20.9. The number of ether oxygens (including phenoxy) is 3. The molecule has 0 fully saturated rings. The van der Waals surface area contributed by atoms with Crippen LogP contribution in [0.1, 0.15) is 284 Å². The minimum absolute atomic E-state index is 0.106. The van der Waals surface area contributed by atoms with Gasteiger partial charge in [-0.2, -0.15) is 0 Å². The molecule has 0 aromatic heterocycles. The van der Waals surface area contributed by atoms with Crippen LogP contribution in [0.5, 0.6) is 0 Å². The highest BCUT2D eigenvalue weighted by Crippen LogP contribution is 2.16. The molecule has 0 radical (unpaired) electrons. The van der Waals surface area contributed by atoms with Crippen molar-refractivity contribution in [2.75, 3.05) is 13.2 Å². The topological polar surface area (TPSA) is 78.9 Å². The minimum Gasteiger partial charge on any atom is -0.462 e. The number of rotatable bonds is 57. The Labute approximate surface area is 481 Å². The van der Waals surface area contributed by atoms with Gasteiger partial charge in [0.1, 0.15) is 13.2 Å². The molecule has 0 spiro atoms. The van der Waals surface area contributed by atoms with Crippen LogP contribution >= 0.6 is 0 Å². The van der Waals surface area contributed by atoms with Crippen LogP contribution in [0.4, 0.5) is 0 Å². The van der Waals surface area contributed by atoms with E-state index in [1.807, 2.05) is 0 Å². The first-order chi connectivity index (χ1) is 38.5. The first-order valence-corrected chi connectivity index (χ1v) is 32.2. The zero-order valence-electron chi connectivity index (χ0n) is 50.6. The molecule has 0 bridgehead atoms. The molecule has 0 heterocycles. The molecule has 0 aromatic carbocycles. The molecule has 0 rings (SSSR count). The average Bonchev–Trinajstić information content (AvgIpc) is 3.44. The first-order valence-electron chi connectivity index (χ1n) is 32.2. The lowest BCUT2D eigenvalue weighted by Gasteiger charge is -2.18. The van der Waals surface area contributed by atoms with Crippen LogP contribution in [0.2, 0.25) is 0 Å². The third-order valence-electron chi connectivity index (χ3n) is 13.4. The number of allylic oxidation sites excluding steroid dienone is 22. The van der Waals surface area contributed by atoms with Gasteiger partial charge in [0.15, 0.2) is 6.10 Å². The van der Waals surface area contributed by atoms with Crippen LogP contribution < -0.4 is 0 Å². The van der Waals surface area contributed by atoms with Crippen molar-refractivity contribution < 1.29 is 28.6 Å². The average molecular weight is 1080 g/mol. The second-order valence-electron chi connectivity index (χ2n) is 20.9. The van der Waals surface area contributed by atoms with E-state index < -0.39 is 6.10 Å². The maximum absolute atomic E-state index is 12.9. The Morgan fingerprint density at radius 3 is 0.833 bits per heavy atom. The van der Waals surface area contributed by atoms with Gasteiger partial charge >= 0.3 is 17.9 Å². The highest BCUT2D eigenvalue weighted by atomic mass is 16.6. The van der Waals surface area contributed by atoms with E-state index in [-0.39, 0.29) is 37.5 Å². The van der Waals surface area contributed by atoms with Crippen molar-refractivity contribution in [3.63, 3.8) is 0 Å². The third kappa shape index (κ3) is 62.4. The van der Waals surface area contributed by atoms with Gasteiger partial charge < -0.3 is 14.2 Å². The smallest absolute Gasteiger partial charge is 0.306 e. The summed E-state index contributed by atoms with van der Waals surface area (Å²) in [4.78, 5) is 38.3. The van der Waals surface area contributed by atoms with Crippen molar-refractivity contribution in [2.24, 2.45) is 0 Å². The first kappa shape index (κ1) is 73.5. The standard InChI is InChI=1S/C72H118O6/c1-4-7-10-13-16-19-22-25-28-31-33-34-35-36-37-38-39-42-44-47-50-53-56-59-62-65-71(74)77-68-69(67-76-70(73)64-61-58-55-52-49-46-43-40-30-27-24-21-18-15-12-9-6-3)78-72(75)66-63-60-57-54-51-48-45-41-32-29-26-23-20-17-14-11-8-5-2/h7,9-10,12,16,18-19,21,25,27-28,30,33-34,36-37,39,42-43,46,52,55,69H,4-6,8,11,13-15,17,20,22-24,26,29,31-32,35,38,40-41,44-45,47-51,53-54,56-68H2,1-3H3/b10-7-,12-9-,19-16-,21-18-,28-25-,30-27-,34-33-,37-36-,42-39-,46-43-,55-52-. The van der Waals surface area contributed by atoms with Crippen molar-refractivity contribution in [1.82, 2.24) is 0 Å². The molecule has 0 N–H and O–H groups in total. The molecule has 6 heteroatoms. The summed E-state index contributed by atoms with van der Waals surface area (Å²) in [5.41, 5.74) is 0. The van der Waals surface area contributed by atoms with E-state index in [1.54, 1.807) is 0 Å². The van der Waals surface area contributed by atoms with Gasteiger partial charge in [-0.1, -0.05) is 289 Å². The summed E-state index contributed by atoms with van der Waals surface area (Å²) in [6, 6.07) is 0. The summed E-state index contributed by atoms with van der Waals surface area (Å²) in [5.74, 6) is -0.973. The van der Waals surface area contributed by atoms with Crippen molar-refractivity contribution in [2.45, 2.75) is 290 Å². The van der Waals surface area contributed by atoms with Crippen LogP contribution in [-0.2, 0) is 28.6 Å². The van der Waals surface area contributed by atoms with Crippen LogP contribution in [-0.4, -0.2) is 37.2 Å². The maximum atomic E-state index is 12.9.